The number of rotatable bonds is 5. The van der Waals surface area contributed by atoms with E-state index in [1.54, 1.807) is 7.05 Å². The highest BCUT2D eigenvalue weighted by Gasteiger charge is 2.07. The Kier molecular flexibility index (Phi) is 4.65. The van der Waals surface area contributed by atoms with Gasteiger partial charge in [0.1, 0.15) is 11.8 Å². The van der Waals surface area contributed by atoms with Gasteiger partial charge in [-0.1, -0.05) is 19.1 Å². The Bertz CT molecular complexity index is 344. The Labute approximate surface area is 90.7 Å². The molecule has 1 aromatic rings. The molecule has 0 aliphatic heterocycles. The van der Waals surface area contributed by atoms with Gasteiger partial charge < -0.3 is 10.1 Å². The molecule has 0 saturated carbocycles. The van der Waals surface area contributed by atoms with E-state index in [1.165, 1.54) is 0 Å². The molecule has 1 N–H and O–H groups in total. The number of hydrogen-bond acceptors (Lipinski definition) is 3. The van der Waals surface area contributed by atoms with Crippen LogP contribution < -0.4 is 10.1 Å². The Morgan fingerprint density at radius 2 is 2.33 bits per heavy atom. The fourth-order valence-corrected chi connectivity index (χ4v) is 1.31. The zero-order valence-electron chi connectivity index (χ0n) is 9.16. The average molecular weight is 204 g/mol. The molecule has 0 aromatic heterocycles. The van der Waals surface area contributed by atoms with Gasteiger partial charge in [0.05, 0.1) is 12.7 Å². The van der Waals surface area contributed by atoms with Crippen LogP contribution in [0.3, 0.4) is 0 Å². The summed E-state index contributed by atoms with van der Waals surface area (Å²) in [6, 6.07) is 9.55. The normalized spacial score (nSPS) is 11.8. The van der Waals surface area contributed by atoms with Crippen LogP contribution in [-0.4, -0.2) is 13.7 Å². The van der Waals surface area contributed by atoms with Gasteiger partial charge in [-0.25, -0.2) is 0 Å². The molecule has 0 radical (unpaired) electrons. The molecule has 0 fully saturated rings. The molecule has 0 spiro atoms. The monoisotopic (exact) mass is 204 g/mol. The van der Waals surface area contributed by atoms with E-state index in [0.717, 1.165) is 17.7 Å². The van der Waals surface area contributed by atoms with Crippen LogP contribution in [0.1, 0.15) is 24.9 Å². The maximum absolute atomic E-state index is 8.89. The molecule has 0 bridgehead atoms. The Morgan fingerprint density at radius 1 is 1.53 bits per heavy atom. The van der Waals surface area contributed by atoms with Crippen LogP contribution in [-0.2, 0) is 0 Å². The molecular weight excluding hydrogens is 188 g/mol. The van der Waals surface area contributed by atoms with Crippen molar-refractivity contribution in [2.45, 2.75) is 19.4 Å². The molecule has 0 aliphatic carbocycles. The average Bonchev–Trinajstić information content (AvgIpc) is 2.29. The quantitative estimate of drug-likeness (QED) is 0.800. The van der Waals surface area contributed by atoms with Crippen molar-refractivity contribution in [1.29, 1.82) is 5.26 Å². The maximum atomic E-state index is 8.89. The number of hydrogen-bond donors (Lipinski definition) is 1. The molecule has 0 aliphatic rings. The number of nitrogens with zero attached hydrogens (tertiary/aromatic N) is 1. The van der Waals surface area contributed by atoms with Crippen molar-refractivity contribution >= 4 is 0 Å². The van der Waals surface area contributed by atoms with E-state index in [-0.39, 0.29) is 6.04 Å². The standard InChI is InChI=1S/C12H16N2O/c1-3-7-15-11-6-4-5-10(8-11)12(9-13)14-2/h4-6,8,12,14H,3,7H2,1-2H3. The first kappa shape index (κ1) is 11.5. The van der Waals surface area contributed by atoms with Gasteiger partial charge in [0, 0.05) is 0 Å². The summed E-state index contributed by atoms with van der Waals surface area (Å²) in [5.41, 5.74) is 0.939. The molecule has 0 saturated heterocycles. The third-order valence-corrected chi connectivity index (χ3v) is 2.08. The second kappa shape index (κ2) is 6.05. The molecule has 0 heterocycles. The SMILES string of the molecule is CCCOc1cccc(C(C#N)NC)c1. The van der Waals surface area contributed by atoms with Crippen molar-refractivity contribution in [2.75, 3.05) is 13.7 Å². The van der Waals surface area contributed by atoms with Crippen molar-refractivity contribution in [3.05, 3.63) is 29.8 Å². The minimum atomic E-state index is -0.268. The molecule has 15 heavy (non-hydrogen) atoms. The fraction of sp³-hybridized carbons (Fsp3) is 0.417. The summed E-state index contributed by atoms with van der Waals surface area (Å²) in [6.07, 6.45) is 0.984. The van der Waals surface area contributed by atoms with Crippen LogP contribution in [0.4, 0.5) is 0 Å². The van der Waals surface area contributed by atoms with Crippen LogP contribution in [0, 0.1) is 11.3 Å². The zero-order chi connectivity index (χ0) is 11.1. The lowest BCUT2D eigenvalue weighted by molar-refractivity contribution is 0.317. The Balaban J connectivity index is 2.78. The molecule has 3 heteroatoms. The second-order valence-corrected chi connectivity index (χ2v) is 3.27. The highest BCUT2D eigenvalue weighted by molar-refractivity contribution is 5.32. The highest BCUT2D eigenvalue weighted by Crippen LogP contribution is 2.18. The number of benzene rings is 1. The van der Waals surface area contributed by atoms with Gasteiger partial charge in [-0.3, -0.25) is 0 Å². The Morgan fingerprint density at radius 3 is 2.93 bits per heavy atom. The third kappa shape index (κ3) is 3.26. The van der Waals surface area contributed by atoms with Crippen LogP contribution in [0.15, 0.2) is 24.3 Å². The first-order valence-electron chi connectivity index (χ1n) is 5.11. The summed E-state index contributed by atoms with van der Waals surface area (Å²) in [5, 5.41) is 11.8. The predicted octanol–water partition coefficient (Wildman–Crippen LogP) is 2.26. The molecule has 1 rings (SSSR count). The summed E-state index contributed by atoms with van der Waals surface area (Å²) < 4.78 is 5.50. The van der Waals surface area contributed by atoms with Crippen molar-refractivity contribution in [3.8, 4) is 11.8 Å². The van der Waals surface area contributed by atoms with E-state index in [2.05, 4.69) is 18.3 Å². The zero-order valence-corrected chi connectivity index (χ0v) is 9.16. The van der Waals surface area contributed by atoms with E-state index >= 15 is 0 Å². The summed E-state index contributed by atoms with van der Waals surface area (Å²) >= 11 is 0. The summed E-state index contributed by atoms with van der Waals surface area (Å²) in [7, 11) is 1.77. The molecule has 0 amide bonds. The number of nitriles is 1. The molecule has 3 nitrogen and oxygen atoms in total. The largest absolute Gasteiger partial charge is 0.494 e. The van der Waals surface area contributed by atoms with Gasteiger partial charge >= 0.3 is 0 Å². The fourth-order valence-electron chi connectivity index (χ4n) is 1.31. The highest BCUT2D eigenvalue weighted by atomic mass is 16.5. The van der Waals surface area contributed by atoms with E-state index in [1.807, 2.05) is 24.3 Å². The minimum Gasteiger partial charge on any atom is -0.494 e. The number of ether oxygens (including phenoxy) is 1. The van der Waals surface area contributed by atoms with Crippen LogP contribution >= 0.6 is 0 Å². The van der Waals surface area contributed by atoms with E-state index in [9.17, 15) is 0 Å². The minimum absolute atomic E-state index is 0.268. The lowest BCUT2D eigenvalue weighted by atomic mass is 10.1. The third-order valence-electron chi connectivity index (χ3n) is 2.08. The van der Waals surface area contributed by atoms with E-state index in [0.29, 0.717) is 6.61 Å². The smallest absolute Gasteiger partial charge is 0.121 e. The second-order valence-electron chi connectivity index (χ2n) is 3.27. The van der Waals surface area contributed by atoms with Crippen LogP contribution in [0.2, 0.25) is 0 Å². The van der Waals surface area contributed by atoms with Crippen molar-refractivity contribution < 1.29 is 4.74 Å². The first-order valence-corrected chi connectivity index (χ1v) is 5.11. The number of nitrogens with one attached hydrogen (secondary N) is 1. The van der Waals surface area contributed by atoms with Gasteiger partial charge in [-0.2, -0.15) is 5.26 Å². The summed E-state index contributed by atoms with van der Waals surface area (Å²) in [5.74, 6) is 0.824. The van der Waals surface area contributed by atoms with Crippen LogP contribution in [0.25, 0.3) is 0 Å². The van der Waals surface area contributed by atoms with Crippen LogP contribution in [0.5, 0.6) is 5.75 Å². The van der Waals surface area contributed by atoms with E-state index < -0.39 is 0 Å². The van der Waals surface area contributed by atoms with E-state index in [4.69, 9.17) is 10.00 Å². The van der Waals surface area contributed by atoms with Gasteiger partial charge in [-0.15, -0.1) is 0 Å². The Hall–Kier alpha value is -1.53. The molecule has 1 atom stereocenters. The summed E-state index contributed by atoms with van der Waals surface area (Å²) in [4.78, 5) is 0. The lowest BCUT2D eigenvalue weighted by Crippen LogP contribution is -2.14. The van der Waals surface area contributed by atoms with Gasteiger partial charge in [0.15, 0.2) is 0 Å². The van der Waals surface area contributed by atoms with Crippen molar-refractivity contribution in [1.82, 2.24) is 5.32 Å². The summed E-state index contributed by atoms with van der Waals surface area (Å²) in [6.45, 7) is 2.77. The topological polar surface area (TPSA) is 45.0 Å². The molecule has 80 valence electrons. The van der Waals surface area contributed by atoms with Gasteiger partial charge in [-0.05, 0) is 31.2 Å². The lowest BCUT2D eigenvalue weighted by Gasteiger charge is -2.10. The molecule has 1 aromatic carbocycles. The van der Waals surface area contributed by atoms with Gasteiger partial charge in [0.25, 0.3) is 0 Å². The molecular formula is C12H16N2O. The van der Waals surface area contributed by atoms with Crippen molar-refractivity contribution in [3.63, 3.8) is 0 Å². The van der Waals surface area contributed by atoms with Gasteiger partial charge in [0.2, 0.25) is 0 Å². The predicted molar refractivity (Wildman–Crippen MR) is 59.6 cm³/mol. The van der Waals surface area contributed by atoms with Crippen molar-refractivity contribution in [2.24, 2.45) is 0 Å². The first-order chi connectivity index (χ1) is 7.31. The molecule has 1 unspecified atom stereocenters. The maximum Gasteiger partial charge on any atom is 0.121 e.